The molecule has 2 aromatic carbocycles. The Balaban J connectivity index is 1.55. The van der Waals surface area contributed by atoms with Crippen molar-refractivity contribution in [3.05, 3.63) is 70.6 Å². The second kappa shape index (κ2) is 8.28. The summed E-state index contributed by atoms with van der Waals surface area (Å²) in [5.41, 5.74) is 0.972. The van der Waals surface area contributed by atoms with Crippen molar-refractivity contribution >= 4 is 50.8 Å². The topological polar surface area (TPSA) is 133 Å². The quantitative estimate of drug-likeness (QED) is 0.363. The number of aromatic carboxylic acids is 1. The molecule has 0 saturated carbocycles. The van der Waals surface area contributed by atoms with Gasteiger partial charge in [0.1, 0.15) is 21.3 Å². The maximum Gasteiger partial charge on any atom is 0.345 e. The number of H-pyrrole nitrogens is 1. The zero-order valence-corrected chi connectivity index (χ0v) is 16.9. The fraction of sp³-hybridized carbons (Fsp3) is 0.0476. The van der Waals surface area contributed by atoms with E-state index in [1.165, 1.54) is 13.2 Å². The smallest absolute Gasteiger partial charge is 0.345 e. The molecule has 31 heavy (non-hydrogen) atoms. The van der Waals surface area contributed by atoms with Gasteiger partial charge in [-0.2, -0.15) is 5.10 Å². The van der Waals surface area contributed by atoms with Gasteiger partial charge in [0, 0.05) is 5.56 Å². The summed E-state index contributed by atoms with van der Waals surface area (Å²) in [6.45, 7) is 0. The third-order valence-corrected chi connectivity index (χ3v) is 5.49. The Morgan fingerprint density at radius 2 is 1.77 bits per heavy atom. The number of amides is 2. The summed E-state index contributed by atoms with van der Waals surface area (Å²) in [4.78, 5) is 37.2. The van der Waals surface area contributed by atoms with Gasteiger partial charge >= 0.3 is 5.97 Å². The van der Waals surface area contributed by atoms with Gasteiger partial charge in [0.2, 0.25) is 0 Å². The first-order valence-electron chi connectivity index (χ1n) is 9.03. The summed E-state index contributed by atoms with van der Waals surface area (Å²) in [5, 5.41) is 21.8. The molecule has 0 spiro atoms. The van der Waals surface area contributed by atoms with Crippen LogP contribution in [-0.4, -0.2) is 40.2 Å². The first kappa shape index (κ1) is 20.1. The average molecular weight is 436 g/mol. The normalized spacial score (nSPS) is 10.6. The molecule has 0 aliphatic heterocycles. The van der Waals surface area contributed by atoms with Gasteiger partial charge in [0.25, 0.3) is 11.8 Å². The molecule has 10 heteroatoms. The maximum atomic E-state index is 12.9. The van der Waals surface area contributed by atoms with Gasteiger partial charge < -0.3 is 20.5 Å². The number of carboxylic acids is 1. The molecule has 156 valence electrons. The molecular weight excluding hydrogens is 420 g/mol. The Kier molecular flexibility index (Phi) is 5.37. The molecule has 0 unspecified atom stereocenters. The van der Waals surface area contributed by atoms with Crippen molar-refractivity contribution in [3.8, 4) is 5.75 Å². The van der Waals surface area contributed by atoms with Crippen LogP contribution in [0.2, 0.25) is 0 Å². The van der Waals surface area contributed by atoms with Crippen LogP contribution in [0.5, 0.6) is 5.75 Å². The number of methoxy groups -OCH3 is 1. The molecule has 4 aromatic rings. The number of para-hydroxylation sites is 1. The molecule has 0 aliphatic rings. The number of hydrogen-bond donors (Lipinski definition) is 4. The minimum absolute atomic E-state index is 0.120. The van der Waals surface area contributed by atoms with Crippen LogP contribution in [-0.2, 0) is 0 Å². The Bertz CT molecular complexity index is 1290. The average Bonchev–Trinajstić information content (AvgIpc) is 3.36. The first-order valence-corrected chi connectivity index (χ1v) is 9.85. The molecule has 2 heterocycles. The number of anilines is 2. The van der Waals surface area contributed by atoms with Crippen LogP contribution in [0.25, 0.3) is 10.2 Å². The third kappa shape index (κ3) is 4.09. The standard InChI is InChI=1S/C21H16N4O5S/c1-30-12-8-6-11(7-9-12)18(26)22-15-5-3-2-4-13(15)19(27)23-17-14-10-16(21(28)29)31-20(14)25-24-17/h2-10H,1H3,(H,22,26)(H,28,29)(H2,23,24,25,27). The molecule has 0 bridgehead atoms. The third-order valence-electron chi connectivity index (χ3n) is 4.47. The lowest BCUT2D eigenvalue weighted by Gasteiger charge is -2.11. The van der Waals surface area contributed by atoms with Crippen LogP contribution >= 0.6 is 11.3 Å². The van der Waals surface area contributed by atoms with Crippen molar-refractivity contribution in [1.82, 2.24) is 10.2 Å². The summed E-state index contributed by atoms with van der Waals surface area (Å²) in [7, 11) is 1.54. The van der Waals surface area contributed by atoms with Crippen molar-refractivity contribution in [1.29, 1.82) is 0 Å². The van der Waals surface area contributed by atoms with Crippen LogP contribution in [0.1, 0.15) is 30.4 Å². The molecule has 0 aliphatic carbocycles. The molecule has 4 N–H and O–H groups in total. The van der Waals surface area contributed by atoms with E-state index >= 15 is 0 Å². The molecule has 2 amide bonds. The van der Waals surface area contributed by atoms with E-state index in [9.17, 15) is 14.4 Å². The van der Waals surface area contributed by atoms with Crippen molar-refractivity contribution < 1.29 is 24.2 Å². The highest BCUT2D eigenvalue weighted by Crippen LogP contribution is 2.30. The van der Waals surface area contributed by atoms with Gasteiger partial charge in [0.15, 0.2) is 0 Å². The molecule has 0 saturated heterocycles. The zero-order chi connectivity index (χ0) is 22.0. The van der Waals surface area contributed by atoms with E-state index in [2.05, 4.69) is 20.8 Å². The number of benzene rings is 2. The number of fused-ring (bicyclic) bond motifs is 1. The van der Waals surface area contributed by atoms with E-state index in [-0.39, 0.29) is 22.2 Å². The SMILES string of the molecule is COc1ccc(C(=O)Nc2ccccc2C(=O)Nc2[nH]nc3sc(C(=O)O)cc23)cc1. The molecule has 0 radical (unpaired) electrons. The number of carboxylic acid groups (broad SMARTS) is 1. The van der Waals surface area contributed by atoms with Gasteiger partial charge in [-0.1, -0.05) is 12.1 Å². The number of aromatic amines is 1. The molecule has 0 fully saturated rings. The number of aromatic nitrogens is 2. The summed E-state index contributed by atoms with van der Waals surface area (Å²) >= 11 is 1.00. The Labute approximate surface area is 179 Å². The lowest BCUT2D eigenvalue weighted by molar-refractivity contribution is 0.0701. The fourth-order valence-corrected chi connectivity index (χ4v) is 3.75. The van der Waals surface area contributed by atoms with E-state index < -0.39 is 11.9 Å². The highest BCUT2D eigenvalue weighted by Gasteiger charge is 2.18. The number of hydrogen-bond acceptors (Lipinski definition) is 6. The van der Waals surface area contributed by atoms with E-state index in [0.717, 1.165) is 11.3 Å². The summed E-state index contributed by atoms with van der Waals surface area (Å²) in [6.07, 6.45) is 0. The highest BCUT2D eigenvalue weighted by molar-refractivity contribution is 7.20. The monoisotopic (exact) mass is 436 g/mol. The van der Waals surface area contributed by atoms with Crippen molar-refractivity contribution in [2.24, 2.45) is 0 Å². The van der Waals surface area contributed by atoms with Crippen LogP contribution in [0, 0.1) is 0 Å². The van der Waals surface area contributed by atoms with Crippen molar-refractivity contribution in [2.75, 3.05) is 17.7 Å². The van der Waals surface area contributed by atoms with E-state index in [1.54, 1.807) is 48.5 Å². The predicted molar refractivity (Wildman–Crippen MR) is 116 cm³/mol. The number of nitrogens with one attached hydrogen (secondary N) is 3. The number of carbonyl (C=O) groups excluding carboxylic acids is 2. The number of nitrogens with zero attached hydrogens (tertiary/aromatic N) is 1. The predicted octanol–water partition coefficient (Wildman–Crippen LogP) is 3.84. The van der Waals surface area contributed by atoms with Gasteiger partial charge in [0.05, 0.1) is 23.7 Å². The molecule has 4 rings (SSSR count). The number of carbonyl (C=O) groups is 3. The van der Waals surface area contributed by atoms with Crippen molar-refractivity contribution in [3.63, 3.8) is 0 Å². The lowest BCUT2D eigenvalue weighted by atomic mass is 10.1. The Morgan fingerprint density at radius 3 is 2.48 bits per heavy atom. The fourth-order valence-electron chi connectivity index (χ4n) is 2.92. The zero-order valence-electron chi connectivity index (χ0n) is 16.1. The van der Waals surface area contributed by atoms with Crippen molar-refractivity contribution in [2.45, 2.75) is 0 Å². The molecule has 9 nitrogen and oxygen atoms in total. The van der Waals surface area contributed by atoms with Gasteiger partial charge in [-0.3, -0.25) is 14.7 Å². The van der Waals surface area contributed by atoms with Gasteiger partial charge in [-0.15, -0.1) is 11.3 Å². The van der Waals surface area contributed by atoms with Crippen LogP contribution < -0.4 is 15.4 Å². The van der Waals surface area contributed by atoms with Gasteiger partial charge in [-0.25, -0.2) is 4.79 Å². The first-order chi connectivity index (χ1) is 15.0. The summed E-state index contributed by atoms with van der Waals surface area (Å²) < 4.78 is 5.09. The largest absolute Gasteiger partial charge is 0.497 e. The minimum Gasteiger partial charge on any atom is -0.497 e. The van der Waals surface area contributed by atoms with Crippen LogP contribution in [0.3, 0.4) is 0 Å². The van der Waals surface area contributed by atoms with Gasteiger partial charge in [-0.05, 0) is 42.5 Å². The molecular formula is C21H16N4O5S. The maximum absolute atomic E-state index is 12.9. The molecule has 0 atom stereocenters. The van der Waals surface area contributed by atoms with E-state index in [4.69, 9.17) is 9.84 Å². The summed E-state index contributed by atoms with van der Waals surface area (Å²) in [6, 6.07) is 14.6. The van der Waals surface area contributed by atoms with E-state index in [0.29, 0.717) is 27.2 Å². The second-order valence-corrected chi connectivity index (χ2v) is 7.45. The van der Waals surface area contributed by atoms with Crippen LogP contribution in [0.15, 0.2) is 54.6 Å². The molecule has 2 aromatic heterocycles. The summed E-state index contributed by atoms with van der Waals surface area (Å²) in [5.74, 6) is -1.02. The number of thiophene rings is 1. The number of rotatable bonds is 6. The Morgan fingerprint density at radius 1 is 1.03 bits per heavy atom. The number of ether oxygens (including phenoxy) is 1. The Hall–Kier alpha value is -4.18. The van der Waals surface area contributed by atoms with E-state index in [1.807, 2.05) is 0 Å². The highest BCUT2D eigenvalue weighted by atomic mass is 32.1. The lowest BCUT2D eigenvalue weighted by Crippen LogP contribution is -2.18. The minimum atomic E-state index is -1.06. The van der Waals surface area contributed by atoms with Crippen LogP contribution in [0.4, 0.5) is 11.5 Å². The second-order valence-electron chi connectivity index (χ2n) is 6.42.